The Bertz CT molecular complexity index is 2200. The van der Waals surface area contributed by atoms with E-state index in [-0.39, 0.29) is 59.7 Å². The Morgan fingerprint density at radius 3 is 1.40 bits per heavy atom. The molecule has 0 heterocycles. The molecule has 2 rings (SSSR count). The number of nitroso groups, excluding NO2 is 2. The maximum atomic E-state index is 12.4. The maximum absolute atomic E-state index is 12.4. The molecule has 354 valence electrons. The van der Waals surface area contributed by atoms with E-state index in [0.717, 1.165) is 23.5 Å². The third-order valence-electron chi connectivity index (χ3n) is 8.17. The van der Waals surface area contributed by atoms with E-state index in [4.69, 9.17) is 43.4 Å². The number of benzene rings is 2. The molecule has 26 nitrogen and oxygen atoms in total. The molecule has 2 aromatic rings. The zero-order chi connectivity index (χ0) is 49.7. The number of hydrogen-bond donors (Lipinski definition) is 12. The van der Waals surface area contributed by atoms with Gasteiger partial charge in [-0.2, -0.15) is 0 Å². The van der Waals surface area contributed by atoms with Gasteiger partial charge in [-0.15, -0.1) is 23.5 Å². The van der Waals surface area contributed by atoms with Crippen molar-refractivity contribution in [3.63, 3.8) is 0 Å². The van der Waals surface area contributed by atoms with Crippen molar-refractivity contribution in [1.29, 1.82) is 0 Å². The molecule has 0 aliphatic carbocycles. The number of carboxylic acids is 4. The van der Waals surface area contributed by atoms with Gasteiger partial charge in [0.2, 0.25) is 35.4 Å². The summed E-state index contributed by atoms with van der Waals surface area (Å²) in [6, 6.07) is 1.96. The maximum Gasteiger partial charge on any atom is 0.322 e. The lowest BCUT2D eigenvalue weighted by molar-refractivity contribution is -0.431. The lowest BCUT2D eigenvalue weighted by Gasteiger charge is -2.18. The minimum absolute atomic E-state index is 0.0641. The van der Waals surface area contributed by atoms with E-state index in [2.05, 4.69) is 21.3 Å². The van der Waals surface area contributed by atoms with E-state index in [9.17, 15) is 57.8 Å². The molecule has 0 spiro atoms. The normalized spacial score (nSPS) is 12.3. The summed E-state index contributed by atoms with van der Waals surface area (Å²) < 4.78 is 1.52. The fourth-order valence-corrected chi connectivity index (χ4v) is 7.96. The molecule has 0 aromatic heterocycles. The molecular formula is C36H47IN10O16S2+2. The highest BCUT2D eigenvalue weighted by Crippen LogP contribution is 2.33. The summed E-state index contributed by atoms with van der Waals surface area (Å²) in [6.07, 6.45) is -0.892. The molecule has 29 heteroatoms. The first-order chi connectivity index (χ1) is 30.2. The number of halogens is 1. The van der Waals surface area contributed by atoms with Gasteiger partial charge in [-0.3, -0.25) is 47.9 Å². The molecule has 6 amide bonds. The minimum atomic E-state index is -1.29. The molecule has 0 saturated carbocycles. The largest absolute Gasteiger partial charge is 0.480 e. The van der Waals surface area contributed by atoms with E-state index >= 15 is 0 Å². The van der Waals surface area contributed by atoms with Crippen LogP contribution >= 0.6 is 46.1 Å². The number of primary amides is 2. The van der Waals surface area contributed by atoms with Crippen LogP contribution in [0, 0.1) is 13.4 Å². The Hall–Kier alpha value is -6.31. The van der Waals surface area contributed by atoms with Crippen molar-refractivity contribution in [3.05, 3.63) is 54.8 Å². The first-order valence-electron chi connectivity index (χ1n) is 18.4. The molecule has 4 unspecified atom stereocenters. The third-order valence-corrected chi connectivity index (χ3v) is 12.0. The van der Waals surface area contributed by atoms with Gasteiger partial charge in [0.25, 0.3) is 11.4 Å². The fourth-order valence-electron chi connectivity index (χ4n) is 4.74. The molecule has 0 aliphatic heterocycles. The summed E-state index contributed by atoms with van der Waals surface area (Å²) in [4.78, 5) is 140. The van der Waals surface area contributed by atoms with E-state index < -0.39 is 96.6 Å². The van der Waals surface area contributed by atoms with E-state index in [1.165, 1.54) is 44.4 Å². The number of carbonyl (C=O) groups excluding carboxylic acids is 6. The van der Waals surface area contributed by atoms with Gasteiger partial charge in [0, 0.05) is 71.8 Å². The topological polar surface area (TPSA) is 444 Å². The molecule has 65 heavy (non-hydrogen) atoms. The SMILES string of the molecule is C[N+](=O)c1cc(C(N)=O)cc(SCC(NC(=O)CCC(N)C(=O)O)C(=O)NCC(=O)O)c1I.C[N+](=O)c1cc(C(N)=O)ccc1SCC(NC(=O)CCC(N)C(=O)O)C(=O)NCC(=O)O. The summed E-state index contributed by atoms with van der Waals surface area (Å²) in [7, 11) is 2.44. The van der Waals surface area contributed by atoms with Crippen molar-refractivity contribution in [2.24, 2.45) is 22.9 Å². The Morgan fingerprint density at radius 1 is 0.631 bits per heavy atom. The van der Waals surface area contributed by atoms with Crippen LogP contribution in [0.5, 0.6) is 0 Å². The highest BCUT2D eigenvalue weighted by molar-refractivity contribution is 14.1. The van der Waals surface area contributed by atoms with Gasteiger partial charge in [0.1, 0.15) is 40.8 Å². The zero-order valence-electron chi connectivity index (χ0n) is 34.4. The number of thioether (sulfide) groups is 2. The van der Waals surface area contributed by atoms with Crippen LogP contribution in [0.25, 0.3) is 0 Å². The Kier molecular flexibility index (Phi) is 24.2. The molecule has 0 aliphatic rings. The molecule has 2 aromatic carbocycles. The fraction of sp³-hybridized carbons (Fsp3) is 0.389. The standard InChI is InChI=1S/C18H22IN5O8S.C18H23N5O8S/c1-24(32)11-4-8(16(21)28)5-12(15(11)19)33-7-10(17(29)22-6-14(26)27)23-13(25)3-2-9(20)18(30)31;1-23(31)12-6-9(16(20)27)2-4-13(12)32-8-11(17(28)21-7-15(25)26)22-14(24)5-3-10(19)18(29)30/h4-5,9-10H,2-3,6-7,20H2,1H3,(H5-,21,22,23,25,26,27,28,29,30,31);2,4,6,10-11H,3,5,7-8,19H2,1H3,(H5-,20,21,22,24,25,26,27,28,29,30)/p+2. The van der Waals surface area contributed by atoms with Crippen LogP contribution in [0.15, 0.2) is 40.1 Å². The second-order valence-corrected chi connectivity index (χ2v) is 16.5. The molecule has 16 N–H and O–H groups in total. The Labute approximate surface area is 390 Å². The van der Waals surface area contributed by atoms with Crippen LogP contribution in [0.4, 0.5) is 11.4 Å². The van der Waals surface area contributed by atoms with Gasteiger partial charge in [0.05, 0.1) is 4.90 Å². The van der Waals surface area contributed by atoms with Crippen LogP contribution in [-0.2, 0) is 38.4 Å². The molecule has 4 atom stereocenters. The predicted octanol–water partition coefficient (Wildman–Crippen LogP) is -1.80. The van der Waals surface area contributed by atoms with Crippen LogP contribution < -0.4 is 44.2 Å². The number of rotatable bonds is 26. The van der Waals surface area contributed by atoms with Crippen LogP contribution in [-0.4, -0.2) is 152 Å². The van der Waals surface area contributed by atoms with Crippen molar-refractivity contribution in [3.8, 4) is 0 Å². The van der Waals surface area contributed by atoms with E-state index in [0.29, 0.717) is 22.9 Å². The molecule has 0 saturated heterocycles. The Balaban J connectivity index is 0.000000650. The summed E-state index contributed by atoms with van der Waals surface area (Å²) in [5, 5.41) is 44.2. The zero-order valence-corrected chi connectivity index (χ0v) is 38.2. The van der Waals surface area contributed by atoms with Gasteiger partial charge >= 0.3 is 23.9 Å². The molecular weight excluding hydrogens is 1020 g/mol. The summed E-state index contributed by atoms with van der Waals surface area (Å²) >= 11 is 3.92. The summed E-state index contributed by atoms with van der Waals surface area (Å²) in [6.45, 7) is -1.36. The number of aliphatic carboxylic acids is 4. The second-order valence-electron chi connectivity index (χ2n) is 13.3. The van der Waals surface area contributed by atoms with Gasteiger partial charge in [-0.05, 0) is 53.6 Å². The Morgan fingerprint density at radius 2 is 1.03 bits per heavy atom. The quantitative estimate of drug-likeness (QED) is 0.0281. The average molecular weight is 1070 g/mol. The van der Waals surface area contributed by atoms with Crippen molar-refractivity contribution < 1.29 is 77.9 Å². The number of carboxylic acid groups (broad SMARTS) is 4. The first kappa shape index (κ1) is 56.7. The predicted molar refractivity (Wildman–Crippen MR) is 237 cm³/mol. The van der Waals surface area contributed by atoms with Gasteiger partial charge in [-0.1, -0.05) is 0 Å². The van der Waals surface area contributed by atoms with Gasteiger partial charge in [-0.25, -0.2) is 0 Å². The minimum Gasteiger partial charge on any atom is -0.480 e. The third kappa shape index (κ3) is 20.8. The second kappa shape index (κ2) is 27.8. The van der Waals surface area contributed by atoms with Gasteiger partial charge in [0.15, 0.2) is 14.1 Å². The van der Waals surface area contributed by atoms with Gasteiger partial charge < -0.3 is 64.6 Å². The molecule has 0 bridgehead atoms. The van der Waals surface area contributed by atoms with E-state index in [1.807, 2.05) is 22.6 Å². The monoisotopic (exact) mass is 1070 g/mol. The lowest BCUT2D eigenvalue weighted by atomic mass is 10.1. The van der Waals surface area contributed by atoms with Crippen LogP contribution in [0.1, 0.15) is 46.4 Å². The average Bonchev–Trinajstić information content (AvgIpc) is 3.22. The molecule has 0 fully saturated rings. The number of nitrogens with zero attached hydrogens (tertiary/aromatic N) is 2. The van der Waals surface area contributed by atoms with Crippen molar-refractivity contribution in [2.75, 3.05) is 38.7 Å². The number of amides is 6. The van der Waals surface area contributed by atoms with Crippen LogP contribution in [0.3, 0.4) is 0 Å². The highest BCUT2D eigenvalue weighted by atomic mass is 127. The number of hydrogen-bond acceptors (Lipinski definition) is 16. The van der Waals surface area contributed by atoms with Crippen molar-refractivity contribution in [1.82, 2.24) is 21.3 Å². The molecule has 0 radical (unpaired) electrons. The van der Waals surface area contributed by atoms with Crippen molar-refractivity contribution in [2.45, 2.75) is 59.6 Å². The summed E-state index contributed by atoms with van der Waals surface area (Å²) in [5.74, 6) is -9.74. The number of nitrogens with two attached hydrogens (primary N) is 4. The van der Waals surface area contributed by atoms with Crippen molar-refractivity contribution >= 4 is 117 Å². The summed E-state index contributed by atoms with van der Waals surface area (Å²) in [5.41, 5.74) is 21.7. The number of carbonyl (C=O) groups is 10. The van der Waals surface area contributed by atoms with Crippen LogP contribution in [0.2, 0.25) is 0 Å². The van der Waals surface area contributed by atoms with E-state index in [1.54, 1.807) is 0 Å². The lowest BCUT2D eigenvalue weighted by Crippen LogP contribution is -2.49. The highest BCUT2D eigenvalue weighted by Gasteiger charge is 2.27. The smallest absolute Gasteiger partial charge is 0.322 e. The number of nitrogens with one attached hydrogen (secondary N) is 4. The first-order valence-corrected chi connectivity index (χ1v) is 21.5.